The van der Waals surface area contributed by atoms with E-state index in [9.17, 15) is 19.2 Å². The van der Waals surface area contributed by atoms with E-state index in [1.54, 1.807) is 0 Å². The third-order valence-electron chi connectivity index (χ3n) is 7.42. The maximum atomic E-state index is 13.0. The van der Waals surface area contributed by atoms with Crippen LogP contribution in [0, 0.1) is 23.7 Å². The van der Waals surface area contributed by atoms with Gasteiger partial charge in [-0.25, -0.2) is 4.79 Å². The molecular formula is C28H48N2O6. The molecule has 8 heteroatoms. The zero-order valence-corrected chi connectivity index (χ0v) is 22.9. The van der Waals surface area contributed by atoms with Crippen molar-refractivity contribution >= 4 is 23.6 Å². The van der Waals surface area contributed by atoms with Crippen LogP contribution in [0.5, 0.6) is 0 Å². The first-order chi connectivity index (χ1) is 17.0. The highest BCUT2D eigenvalue weighted by molar-refractivity contribution is 5.86. The Bertz CT molecular complexity index is 736. The summed E-state index contributed by atoms with van der Waals surface area (Å²) in [6.07, 6.45) is 6.48. The smallest absolute Gasteiger partial charge is 0.328 e. The molecule has 2 atom stereocenters. The summed E-state index contributed by atoms with van der Waals surface area (Å²) in [5.41, 5.74) is 5.93. The molecule has 0 aromatic rings. The summed E-state index contributed by atoms with van der Waals surface area (Å²) >= 11 is 0. The van der Waals surface area contributed by atoms with Crippen LogP contribution >= 0.6 is 0 Å². The van der Waals surface area contributed by atoms with E-state index in [4.69, 9.17) is 15.2 Å². The first-order valence-corrected chi connectivity index (χ1v) is 14.0. The van der Waals surface area contributed by atoms with Gasteiger partial charge < -0.3 is 20.5 Å². The van der Waals surface area contributed by atoms with Gasteiger partial charge in [0, 0.05) is 18.3 Å². The summed E-state index contributed by atoms with van der Waals surface area (Å²) in [5.74, 6) is -0.167. The molecule has 36 heavy (non-hydrogen) atoms. The van der Waals surface area contributed by atoms with Crippen LogP contribution in [-0.4, -0.2) is 47.9 Å². The summed E-state index contributed by atoms with van der Waals surface area (Å²) in [4.78, 5) is 50.1. The summed E-state index contributed by atoms with van der Waals surface area (Å²) < 4.78 is 11.4. The fraction of sp³-hybridized carbons (Fsp3) is 0.857. The molecule has 0 aliphatic heterocycles. The second-order valence-corrected chi connectivity index (χ2v) is 11.6. The lowest BCUT2D eigenvalue weighted by Crippen LogP contribution is -2.47. The standard InChI is InChI=1S/C28H48N2O6/c1-6-25(31)19-7-9-20(10-8-19)26(32)30-24(16-18(4)5)28(34)36-22-13-11-21(12-14-22)35-27(33)23(29)15-17(2)3/h17-24H,6-16,29H2,1-5H3,(H,30,32). The highest BCUT2D eigenvalue weighted by Crippen LogP contribution is 2.30. The van der Waals surface area contributed by atoms with Crippen LogP contribution in [0.15, 0.2) is 0 Å². The van der Waals surface area contributed by atoms with Crippen molar-refractivity contribution in [3.63, 3.8) is 0 Å². The number of carbonyl (C=O) groups excluding carboxylic acids is 4. The monoisotopic (exact) mass is 508 g/mol. The molecule has 2 saturated carbocycles. The molecule has 0 aromatic heterocycles. The first kappa shape index (κ1) is 30.3. The fourth-order valence-electron chi connectivity index (χ4n) is 5.31. The largest absolute Gasteiger partial charge is 0.461 e. The molecule has 0 saturated heterocycles. The normalized spacial score (nSPS) is 26.2. The molecule has 2 aliphatic rings. The lowest BCUT2D eigenvalue weighted by molar-refractivity contribution is -0.161. The average molecular weight is 509 g/mol. The van der Waals surface area contributed by atoms with Crippen molar-refractivity contribution in [1.82, 2.24) is 5.32 Å². The van der Waals surface area contributed by atoms with Crippen molar-refractivity contribution in [3.8, 4) is 0 Å². The van der Waals surface area contributed by atoms with Gasteiger partial charge >= 0.3 is 11.9 Å². The van der Waals surface area contributed by atoms with Crippen molar-refractivity contribution in [2.45, 2.75) is 130 Å². The molecule has 1 amide bonds. The molecule has 2 fully saturated rings. The van der Waals surface area contributed by atoms with E-state index >= 15 is 0 Å². The van der Waals surface area contributed by atoms with E-state index < -0.39 is 18.1 Å². The number of hydrogen-bond acceptors (Lipinski definition) is 7. The Morgan fingerprint density at radius 2 is 1.22 bits per heavy atom. The lowest BCUT2D eigenvalue weighted by atomic mass is 9.79. The SMILES string of the molecule is CCC(=O)C1CCC(C(=O)NC(CC(C)C)C(=O)OC2CCC(OC(=O)C(N)CC(C)C)CC2)CC1. The minimum Gasteiger partial charge on any atom is -0.461 e. The van der Waals surface area contributed by atoms with Gasteiger partial charge in [-0.15, -0.1) is 0 Å². The molecular weight excluding hydrogens is 460 g/mol. The molecule has 0 bridgehead atoms. The van der Waals surface area contributed by atoms with Crippen LogP contribution in [-0.2, 0) is 28.7 Å². The summed E-state index contributed by atoms with van der Waals surface area (Å²) in [6, 6.07) is -1.29. The van der Waals surface area contributed by atoms with Gasteiger partial charge in [0.1, 0.15) is 30.1 Å². The lowest BCUT2D eigenvalue weighted by Gasteiger charge is -2.31. The number of rotatable bonds is 12. The maximum Gasteiger partial charge on any atom is 0.328 e. The van der Waals surface area contributed by atoms with E-state index in [2.05, 4.69) is 5.32 Å². The fourth-order valence-corrected chi connectivity index (χ4v) is 5.31. The molecule has 206 valence electrons. The van der Waals surface area contributed by atoms with Gasteiger partial charge in [-0.3, -0.25) is 14.4 Å². The quantitative estimate of drug-likeness (QED) is 0.381. The molecule has 3 N–H and O–H groups in total. The minimum atomic E-state index is -0.683. The van der Waals surface area contributed by atoms with Gasteiger partial charge in [0.15, 0.2) is 0 Å². The predicted molar refractivity (Wildman–Crippen MR) is 138 cm³/mol. The molecule has 0 aromatic carbocycles. The molecule has 0 heterocycles. The van der Waals surface area contributed by atoms with Crippen molar-refractivity contribution in [1.29, 1.82) is 0 Å². The predicted octanol–water partition coefficient (Wildman–Crippen LogP) is 4.07. The highest BCUT2D eigenvalue weighted by atomic mass is 16.6. The van der Waals surface area contributed by atoms with Crippen molar-refractivity contribution < 1.29 is 28.7 Å². The van der Waals surface area contributed by atoms with Crippen molar-refractivity contribution in [2.24, 2.45) is 29.4 Å². The third kappa shape index (κ3) is 9.83. The van der Waals surface area contributed by atoms with Crippen LogP contribution in [0.25, 0.3) is 0 Å². The summed E-state index contributed by atoms with van der Waals surface area (Å²) in [5, 5.41) is 2.95. The Balaban J connectivity index is 1.82. The van der Waals surface area contributed by atoms with Gasteiger partial charge in [0.2, 0.25) is 5.91 Å². The number of hydrogen-bond donors (Lipinski definition) is 2. The highest BCUT2D eigenvalue weighted by Gasteiger charge is 2.34. The Kier molecular flexibility index (Phi) is 12.4. The second kappa shape index (κ2) is 14.7. The molecule has 0 spiro atoms. The zero-order chi connectivity index (χ0) is 26.8. The van der Waals surface area contributed by atoms with Gasteiger partial charge in [0.05, 0.1) is 0 Å². The van der Waals surface area contributed by atoms with Gasteiger partial charge in [-0.1, -0.05) is 34.6 Å². The first-order valence-electron chi connectivity index (χ1n) is 14.0. The number of carbonyl (C=O) groups is 4. The molecule has 8 nitrogen and oxygen atoms in total. The van der Waals surface area contributed by atoms with E-state index in [1.807, 2.05) is 34.6 Å². The van der Waals surface area contributed by atoms with E-state index in [0.717, 1.165) is 12.8 Å². The van der Waals surface area contributed by atoms with E-state index in [-0.39, 0.29) is 47.6 Å². The third-order valence-corrected chi connectivity index (χ3v) is 7.42. The number of ether oxygens (including phenoxy) is 2. The van der Waals surface area contributed by atoms with Gasteiger partial charge in [-0.05, 0) is 76.0 Å². The molecule has 2 unspecified atom stereocenters. The minimum absolute atomic E-state index is 0.0656. The van der Waals surface area contributed by atoms with Crippen molar-refractivity contribution in [3.05, 3.63) is 0 Å². The Hall–Kier alpha value is -1.96. The van der Waals surface area contributed by atoms with E-state index in [0.29, 0.717) is 63.7 Å². The van der Waals surface area contributed by atoms with E-state index in [1.165, 1.54) is 0 Å². The maximum absolute atomic E-state index is 13.0. The molecule has 2 rings (SSSR count). The topological polar surface area (TPSA) is 125 Å². The summed E-state index contributed by atoms with van der Waals surface area (Å²) in [6.45, 7) is 9.94. The molecule has 0 radical (unpaired) electrons. The Labute approximate surface area is 216 Å². The van der Waals surface area contributed by atoms with Crippen molar-refractivity contribution in [2.75, 3.05) is 0 Å². The van der Waals surface area contributed by atoms with Crippen LogP contribution in [0.2, 0.25) is 0 Å². The van der Waals surface area contributed by atoms with Crippen LogP contribution in [0.4, 0.5) is 0 Å². The second-order valence-electron chi connectivity index (χ2n) is 11.6. The van der Waals surface area contributed by atoms with Gasteiger partial charge in [-0.2, -0.15) is 0 Å². The summed E-state index contributed by atoms with van der Waals surface area (Å²) in [7, 11) is 0. The van der Waals surface area contributed by atoms with Crippen LogP contribution in [0.1, 0.15) is 105 Å². The molecule has 2 aliphatic carbocycles. The number of Topliss-reactive ketones (excluding diaryl/α,β-unsaturated/α-hetero) is 1. The van der Waals surface area contributed by atoms with Gasteiger partial charge in [0.25, 0.3) is 0 Å². The number of ketones is 1. The van der Waals surface area contributed by atoms with Crippen LogP contribution < -0.4 is 11.1 Å². The Morgan fingerprint density at radius 1 is 0.750 bits per heavy atom. The zero-order valence-electron chi connectivity index (χ0n) is 22.9. The van der Waals surface area contributed by atoms with Crippen LogP contribution in [0.3, 0.4) is 0 Å². The average Bonchev–Trinajstić information content (AvgIpc) is 2.83. The number of nitrogens with one attached hydrogen (secondary N) is 1. The number of nitrogens with two attached hydrogens (primary N) is 1. The Morgan fingerprint density at radius 3 is 1.69 bits per heavy atom. The number of amides is 1. The number of esters is 2.